The van der Waals surface area contributed by atoms with Crippen molar-refractivity contribution in [2.75, 3.05) is 0 Å². The van der Waals surface area contributed by atoms with Gasteiger partial charge in [-0.2, -0.15) is 0 Å². The van der Waals surface area contributed by atoms with Crippen LogP contribution < -0.4 is 0 Å². The van der Waals surface area contributed by atoms with Gasteiger partial charge < -0.3 is 4.74 Å². The van der Waals surface area contributed by atoms with Gasteiger partial charge in [0.05, 0.1) is 5.41 Å². The van der Waals surface area contributed by atoms with Crippen molar-refractivity contribution in [3.63, 3.8) is 0 Å². The topological polar surface area (TPSA) is 26.3 Å². The Balaban J connectivity index is 2.01. The standard InChI is InChI=1S/C22H34O2/c1-3-5-12-19(4-2)17-22(15-10-7-11-16-22)21(23)24-18-20-13-8-6-9-14-20/h6,8-9,13-14,19H,3-5,7,10-12,15-18H2,1-2H3. The summed E-state index contributed by atoms with van der Waals surface area (Å²) in [5, 5.41) is 0. The number of carbonyl (C=O) groups excluding carboxylic acids is 1. The van der Waals surface area contributed by atoms with Crippen LogP contribution in [0.25, 0.3) is 0 Å². The minimum atomic E-state index is -0.221. The van der Waals surface area contributed by atoms with Crippen LogP contribution in [-0.2, 0) is 16.1 Å². The van der Waals surface area contributed by atoms with E-state index < -0.39 is 0 Å². The molecule has 2 nitrogen and oxygen atoms in total. The molecule has 1 unspecified atom stereocenters. The van der Waals surface area contributed by atoms with Gasteiger partial charge in [-0.1, -0.05) is 89.1 Å². The van der Waals surface area contributed by atoms with Crippen LogP contribution in [0.4, 0.5) is 0 Å². The van der Waals surface area contributed by atoms with Gasteiger partial charge in [-0.05, 0) is 30.7 Å². The number of esters is 1. The molecule has 1 fully saturated rings. The third-order valence-corrected chi connectivity index (χ3v) is 5.68. The monoisotopic (exact) mass is 330 g/mol. The molecule has 0 aromatic heterocycles. The van der Waals surface area contributed by atoms with Crippen LogP contribution in [0, 0.1) is 11.3 Å². The molecule has 1 aromatic rings. The number of hydrogen-bond donors (Lipinski definition) is 0. The van der Waals surface area contributed by atoms with Gasteiger partial charge in [0.1, 0.15) is 6.61 Å². The summed E-state index contributed by atoms with van der Waals surface area (Å²) in [4.78, 5) is 13.0. The number of benzene rings is 1. The van der Waals surface area contributed by atoms with E-state index in [-0.39, 0.29) is 11.4 Å². The van der Waals surface area contributed by atoms with E-state index in [0.717, 1.165) is 24.8 Å². The van der Waals surface area contributed by atoms with Gasteiger partial charge in [-0.3, -0.25) is 4.79 Å². The van der Waals surface area contributed by atoms with Gasteiger partial charge in [0, 0.05) is 0 Å². The molecule has 0 radical (unpaired) electrons. The first-order chi connectivity index (χ1) is 11.7. The first-order valence-electron chi connectivity index (χ1n) is 9.91. The predicted molar refractivity (Wildman–Crippen MR) is 99.7 cm³/mol. The van der Waals surface area contributed by atoms with E-state index in [2.05, 4.69) is 13.8 Å². The van der Waals surface area contributed by atoms with Crippen molar-refractivity contribution < 1.29 is 9.53 Å². The van der Waals surface area contributed by atoms with Crippen molar-refractivity contribution >= 4 is 5.97 Å². The fourth-order valence-electron chi connectivity index (χ4n) is 4.09. The molecule has 2 rings (SSSR count). The zero-order valence-corrected chi connectivity index (χ0v) is 15.6. The van der Waals surface area contributed by atoms with Gasteiger partial charge in [0.2, 0.25) is 0 Å². The summed E-state index contributed by atoms with van der Waals surface area (Å²) in [6.07, 6.45) is 11.6. The summed E-state index contributed by atoms with van der Waals surface area (Å²) in [5.74, 6) is 0.716. The number of unbranched alkanes of at least 4 members (excludes halogenated alkanes) is 1. The zero-order chi connectivity index (χ0) is 17.3. The van der Waals surface area contributed by atoms with Crippen molar-refractivity contribution in [3.8, 4) is 0 Å². The van der Waals surface area contributed by atoms with Crippen molar-refractivity contribution in [2.45, 2.75) is 84.7 Å². The third kappa shape index (κ3) is 5.36. The normalized spacial score (nSPS) is 18.1. The summed E-state index contributed by atoms with van der Waals surface area (Å²) in [6, 6.07) is 10.0. The Hall–Kier alpha value is -1.31. The lowest BCUT2D eigenvalue weighted by Gasteiger charge is -2.37. The van der Waals surface area contributed by atoms with Crippen molar-refractivity contribution in [1.82, 2.24) is 0 Å². The molecule has 0 heterocycles. The molecule has 1 aliphatic rings. The highest BCUT2D eigenvalue weighted by atomic mass is 16.5. The Morgan fingerprint density at radius 1 is 1.12 bits per heavy atom. The fraction of sp³-hybridized carbons (Fsp3) is 0.682. The molecule has 0 saturated heterocycles. The molecule has 0 N–H and O–H groups in total. The highest BCUT2D eigenvalue weighted by Gasteiger charge is 2.42. The minimum absolute atomic E-state index is 0.0565. The maximum atomic E-state index is 13.0. The second-order valence-electron chi connectivity index (χ2n) is 7.52. The Labute approximate surface area is 148 Å². The lowest BCUT2D eigenvalue weighted by Crippen LogP contribution is -2.37. The fourth-order valence-corrected chi connectivity index (χ4v) is 4.09. The summed E-state index contributed by atoms with van der Waals surface area (Å²) in [5.41, 5.74) is 0.858. The number of hydrogen-bond acceptors (Lipinski definition) is 2. The molecule has 0 amide bonds. The lowest BCUT2D eigenvalue weighted by molar-refractivity contribution is -0.161. The highest BCUT2D eigenvalue weighted by molar-refractivity contribution is 5.77. The van der Waals surface area contributed by atoms with E-state index in [1.165, 1.54) is 44.9 Å². The molecule has 0 spiro atoms. The maximum Gasteiger partial charge on any atom is 0.312 e. The number of carbonyl (C=O) groups is 1. The van der Waals surface area contributed by atoms with E-state index in [0.29, 0.717) is 12.5 Å². The molecule has 134 valence electrons. The van der Waals surface area contributed by atoms with Gasteiger partial charge in [0.15, 0.2) is 0 Å². The van der Waals surface area contributed by atoms with Gasteiger partial charge in [-0.15, -0.1) is 0 Å². The van der Waals surface area contributed by atoms with E-state index >= 15 is 0 Å². The molecule has 1 aromatic carbocycles. The van der Waals surface area contributed by atoms with Crippen molar-refractivity contribution in [2.24, 2.45) is 11.3 Å². The predicted octanol–water partition coefficient (Wildman–Crippen LogP) is 6.29. The Morgan fingerprint density at radius 3 is 2.46 bits per heavy atom. The first-order valence-corrected chi connectivity index (χ1v) is 9.91. The van der Waals surface area contributed by atoms with Crippen molar-refractivity contribution in [1.29, 1.82) is 0 Å². The molecule has 24 heavy (non-hydrogen) atoms. The summed E-state index contributed by atoms with van der Waals surface area (Å²) < 4.78 is 5.78. The van der Waals surface area contributed by atoms with Crippen LogP contribution in [0.2, 0.25) is 0 Å². The summed E-state index contributed by atoms with van der Waals surface area (Å²) >= 11 is 0. The molecule has 1 aliphatic carbocycles. The van der Waals surface area contributed by atoms with Crippen LogP contribution >= 0.6 is 0 Å². The van der Waals surface area contributed by atoms with Gasteiger partial charge >= 0.3 is 5.97 Å². The molecule has 1 atom stereocenters. The quantitative estimate of drug-likeness (QED) is 0.498. The second-order valence-corrected chi connectivity index (χ2v) is 7.52. The van der Waals surface area contributed by atoms with E-state index in [1.54, 1.807) is 0 Å². The highest BCUT2D eigenvalue weighted by Crippen LogP contribution is 2.44. The van der Waals surface area contributed by atoms with E-state index in [4.69, 9.17) is 4.74 Å². The lowest BCUT2D eigenvalue weighted by atomic mass is 9.68. The third-order valence-electron chi connectivity index (χ3n) is 5.68. The SMILES string of the molecule is CCCCC(CC)CC1(C(=O)OCc2ccccc2)CCCCC1. The van der Waals surface area contributed by atoms with Crippen molar-refractivity contribution in [3.05, 3.63) is 35.9 Å². The molecular weight excluding hydrogens is 296 g/mol. The smallest absolute Gasteiger partial charge is 0.312 e. The summed E-state index contributed by atoms with van der Waals surface area (Å²) in [6.45, 7) is 4.93. The zero-order valence-electron chi connectivity index (χ0n) is 15.6. The molecule has 1 saturated carbocycles. The molecule has 0 bridgehead atoms. The maximum absolute atomic E-state index is 13.0. The van der Waals surface area contributed by atoms with Crippen LogP contribution in [0.1, 0.15) is 83.6 Å². The molecule has 0 aliphatic heterocycles. The first kappa shape index (κ1) is 19.0. The van der Waals surface area contributed by atoms with Gasteiger partial charge in [-0.25, -0.2) is 0 Å². The van der Waals surface area contributed by atoms with Crippen LogP contribution in [0.3, 0.4) is 0 Å². The Bertz CT molecular complexity index is 474. The number of rotatable bonds is 9. The average Bonchev–Trinajstić information content (AvgIpc) is 2.64. The largest absolute Gasteiger partial charge is 0.460 e. The van der Waals surface area contributed by atoms with Crippen LogP contribution in [0.15, 0.2) is 30.3 Å². The van der Waals surface area contributed by atoms with E-state index in [1.807, 2.05) is 30.3 Å². The number of ether oxygens (including phenoxy) is 1. The summed E-state index contributed by atoms with van der Waals surface area (Å²) in [7, 11) is 0. The van der Waals surface area contributed by atoms with Crippen LogP contribution in [-0.4, -0.2) is 5.97 Å². The Kier molecular flexibility index (Phi) is 7.81. The molecular formula is C22H34O2. The van der Waals surface area contributed by atoms with Crippen LogP contribution in [0.5, 0.6) is 0 Å². The average molecular weight is 331 g/mol. The molecule has 2 heteroatoms. The minimum Gasteiger partial charge on any atom is -0.460 e. The van der Waals surface area contributed by atoms with Gasteiger partial charge in [0.25, 0.3) is 0 Å². The second kappa shape index (κ2) is 9.86. The Morgan fingerprint density at radius 2 is 1.83 bits per heavy atom. The van der Waals surface area contributed by atoms with E-state index in [9.17, 15) is 4.79 Å².